The number of rotatable bonds is 3. The Hall–Kier alpha value is -0.860. The van der Waals surface area contributed by atoms with Crippen LogP contribution in [0.5, 0.6) is 0 Å². The molecule has 1 aliphatic rings. The van der Waals surface area contributed by atoms with Crippen molar-refractivity contribution in [3.05, 3.63) is 35.9 Å². The van der Waals surface area contributed by atoms with Gasteiger partial charge in [-0.05, 0) is 38.5 Å². The fourth-order valence-electron chi connectivity index (χ4n) is 2.45. The van der Waals surface area contributed by atoms with Crippen molar-refractivity contribution in [2.75, 3.05) is 27.2 Å². The fraction of sp³-hybridized carbons (Fsp3) is 0.538. The Kier molecular flexibility index (Phi) is 3.39. The van der Waals surface area contributed by atoms with Crippen LogP contribution in [0.25, 0.3) is 0 Å². The Morgan fingerprint density at radius 2 is 1.93 bits per heavy atom. The van der Waals surface area contributed by atoms with Gasteiger partial charge < -0.3 is 10.2 Å². The van der Waals surface area contributed by atoms with Crippen molar-refractivity contribution >= 4 is 0 Å². The number of hydrogen-bond acceptors (Lipinski definition) is 2. The highest BCUT2D eigenvalue weighted by Gasteiger charge is 2.28. The lowest BCUT2D eigenvalue weighted by molar-refractivity contribution is 0.254. The first kappa shape index (κ1) is 10.7. The van der Waals surface area contributed by atoms with Gasteiger partial charge in [0.2, 0.25) is 0 Å². The van der Waals surface area contributed by atoms with Gasteiger partial charge in [-0.2, -0.15) is 0 Å². The van der Waals surface area contributed by atoms with Gasteiger partial charge in [-0.3, -0.25) is 0 Å². The van der Waals surface area contributed by atoms with Gasteiger partial charge in [-0.1, -0.05) is 30.3 Å². The second-order valence-corrected chi connectivity index (χ2v) is 4.64. The summed E-state index contributed by atoms with van der Waals surface area (Å²) in [5.74, 6) is 0.752. The smallest absolute Gasteiger partial charge is 0.0258 e. The molecular weight excluding hydrogens is 184 g/mol. The van der Waals surface area contributed by atoms with E-state index in [0.717, 1.165) is 19.0 Å². The molecular formula is C13H20N2. The highest BCUT2D eigenvalue weighted by molar-refractivity contribution is 5.16. The molecule has 1 saturated heterocycles. The van der Waals surface area contributed by atoms with Crippen molar-refractivity contribution in [3.63, 3.8) is 0 Å². The first-order valence-electron chi connectivity index (χ1n) is 5.68. The van der Waals surface area contributed by atoms with Crippen LogP contribution < -0.4 is 5.32 Å². The summed E-state index contributed by atoms with van der Waals surface area (Å²) < 4.78 is 0. The minimum atomic E-state index is 0.685. The Bertz CT molecular complexity index is 295. The van der Waals surface area contributed by atoms with Crippen LogP contribution in [0.2, 0.25) is 0 Å². The molecule has 0 amide bonds. The van der Waals surface area contributed by atoms with E-state index in [1.54, 1.807) is 0 Å². The molecule has 1 N–H and O–H groups in total. The lowest BCUT2D eigenvalue weighted by atomic mass is 9.94. The maximum absolute atomic E-state index is 3.48. The van der Waals surface area contributed by atoms with Gasteiger partial charge in [0.1, 0.15) is 0 Å². The Balaban J connectivity index is 2.00. The molecule has 1 aromatic rings. The minimum absolute atomic E-state index is 0.685. The Morgan fingerprint density at radius 3 is 2.60 bits per heavy atom. The molecule has 0 saturated carbocycles. The average molecular weight is 204 g/mol. The van der Waals surface area contributed by atoms with Gasteiger partial charge in [0.15, 0.2) is 0 Å². The van der Waals surface area contributed by atoms with E-state index >= 15 is 0 Å². The van der Waals surface area contributed by atoms with Crippen molar-refractivity contribution in [2.45, 2.75) is 12.5 Å². The molecule has 1 aromatic carbocycles. The summed E-state index contributed by atoms with van der Waals surface area (Å²) in [5, 5.41) is 3.48. The summed E-state index contributed by atoms with van der Waals surface area (Å²) in [7, 11) is 4.35. The fourth-order valence-corrected chi connectivity index (χ4v) is 2.45. The third-order valence-corrected chi connectivity index (χ3v) is 3.31. The predicted octanol–water partition coefficient (Wildman–Crippen LogP) is 1.38. The lowest BCUT2D eigenvalue weighted by Crippen LogP contribution is -2.35. The summed E-state index contributed by atoms with van der Waals surface area (Å²) in [4.78, 5) is 2.34. The van der Waals surface area contributed by atoms with Crippen LogP contribution >= 0.6 is 0 Å². The van der Waals surface area contributed by atoms with Crippen molar-refractivity contribution in [1.29, 1.82) is 0 Å². The first-order valence-corrected chi connectivity index (χ1v) is 5.68. The molecule has 0 bridgehead atoms. The standard InChI is InChI=1S/C13H20N2/c1-15(2)13-10-14-9-12(13)8-11-6-4-3-5-7-11/h3-7,12-14H,8-10H2,1-2H3. The van der Waals surface area contributed by atoms with Crippen LogP contribution in [0.4, 0.5) is 0 Å². The Labute approximate surface area is 92.3 Å². The summed E-state index contributed by atoms with van der Waals surface area (Å²) in [6.07, 6.45) is 1.19. The molecule has 15 heavy (non-hydrogen) atoms. The second kappa shape index (κ2) is 4.77. The monoisotopic (exact) mass is 204 g/mol. The van der Waals surface area contributed by atoms with E-state index in [9.17, 15) is 0 Å². The van der Waals surface area contributed by atoms with Gasteiger partial charge in [0.25, 0.3) is 0 Å². The van der Waals surface area contributed by atoms with Crippen molar-refractivity contribution < 1.29 is 0 Å². The molecule has 0 radical (unpaired) electrons. The van der Waals surface area contributed by atoms with Crippen molar-refractivity contribution in [3.8, 4) is 0 Å². The maximum atomic E-state index is 3.48. The quantitative estimate of drug-likeness (QED) is 0.800. The van der Waals surface area contributed by atoms with Crippen LogP contribution in [0.3, 0.4) is 0 Å². The van der Waals surface area contributed by atoms with Crippen LogP contribution in [0.15, 0.2) is 30.3 Å². The predicted molar refractivity (Wildman–Crippen MR) is 64.0 cm³/mol. The summed E-state index contributed by atoms with van der Waals surface area (Å²) in [5.41, 5.74) is 1.46. The maximum Gasteiger partial charge on any atom is 0.0258 e. The zero-order valence-electron chi connectivity index (χ0n) is 9.61. The topological polar surface area (TPSA) is 15.3 Å². The highest BCUT2D eigenvalue weighted by atomic mass is 15.2. The molecule has 1 fully saturated rings. The van der Waals surface area contributed by atoms with Gasteiger partial charge in [-0.25, -0.2) is 0 Å². The molecule has 2 unspecified atom stereocenters. The molecule has 82 valence electrons. The SMILES string of the molecule is CN(C)C1CNCC1Cc1ccccc1. The van der Waals surface area contributed by atoms with Crippen LogP contribution in [-0.4, -0.2) is 38.1 Å². The normalized spacial score (nSPS) is 26.1. The molecule has 2 rings (SSSR count). The zero-order valence-corrected chi connectivity index (χ0v) is 9.61. The summed E-state index contributed by atoms with van der Waals surface area (Å²) in [6, 6.07) is 11.5. The van der Waals surface area contributed by atoms with Gasteiger partial charge >= 0.3 is 0 Å². The number of likely N-dealkylation sites (N-methyl/N-ethyl adjacent to an activating group) is 1. The Morgan fingerprint density at radius 1 is 1.20 bits per heavy atom. The molecule has 2 nitrogen and oxygen atoms in total. The molecule has 2 heteroatoms. The molecule has 1 heterocycles. The lowest BCUT2D eigenvalue weighted by Gasteiger charge is -2.25. The minimum Gasteiger partial charge on any atom is -0.315 e. The van der Waals surface area contributed by atoms with Gasteiger partial charge in [0.05, 0.1) is 0 Å². The second-order valence-electron chi connectivity index (χ2n) is 4.64. The van der Waals surface area contributed by atoms with Gasteiger partial charge in [-0.15, -0.1) is 0 Å². The number of hydrogen-bond donors (Lipinski definition) is 1. The number of nitrogens with one attached hydrogen (secondary N) is 1. The van der Waals surface area contributed by atoms with Crippen molar-refractivity contribution in [2.24, 2.45) is 5.92 Å². The van der Waals surface area contributed by atoms with E-state index in [-0.39, 0.29) is 0 Å². The first-order chi connectivity index (χ1) is 7.27. The van der Waals surface area contributed by atoms with Crippen LogP contribution in [-0.2, 0) is 6.42 Å². The van der Waals surface area contributed by atoms with E-state index in [1.165, 1.54) is 12.0 Å². The zero-order chi connectivity index (χ0) is 10.7. The molecule has 2 atom stereocenters. The summed E-state index contributed by atoms with van der Waals surface area (Å²) in [6.45, 7) is 2.28. The van der Waals surface area contributed by atoms with E-state index < -0.39 is 0 Å². The van der Waals surface area contributed by atoms with E-state index in [4.69, 9.17) is 0 Å². The van der Waals surface area contributed by atoms with E-state index in [1.807, 2.05) is 0 Å². The largest absolute Gasteiger partial charge is 0.315 e. The third kappa shape index (κ3) is 2.58. The highest BCUT2D eigenvalue weighted by Crippen LogP contribution is 2.18. The van der Waals surface area contributed by atoms with Crippen LogP contribution in [0.1, 0.15) is 5.56 Å². The molecule has 0 spiro atoms. The van der Waals surface area contributed by atoms with Crippen LogP contribution in [0, 0.1) is 5.92 Å². The van der Waals surface area contributed by atoms with E-state index in [2.05, 4.69) is 54.6 Å². The average Bonchev–Trinajstić information content (AvgIpc) is 2.67. The molecule has 0 aromatic heterocycles. The van der Waals surface area contributed by atoms with Crippen molar-refractivity contribution in [1.82, 2.24) is 10.2 Å². The third-order valence-electron chi connectivity index (χ3n) is 3.31. The van der Waals surface area contributed by atoms with Gasteiger partial charge in [0, 0.05) is 12.6 Å². The number of benzene rings is 1. The molecule has 0 aliphatic carbocycles. The molecule has 1 aliphatic heterocycles. The number of nitrogens with zero attached hydrogens (tertiary/aromatic N) is 1. The van der Waals surface area contributed by atoms with E-state index in [0.29, 0.717) is 6.04 Å². The summed E-state index contributed by atoms with van der Waals surface area (Å²) >= 11 is 0.